The van der Waals surface area contributed by atoms with Gasteiger partial charge in [0.05, 0.1) is 31.7 Å². The zero-order valence-electron chi connectivity index (χ0n) is 19.2. The number of thioether (sulfide) groups is 1. The minimum atomic E-state index is -0.378. The van der Waals surface area contributed by atoms with Gasteiger partial charge < -0.3 is 24.7 Å². The highest BCUT2D eigenvalue weighted by molar-refractivity contribution is 7.99. The number of rotatable bonds is 9. The number of carbonyl (C=O) groups is 2. The van der Waals surface area contributed by atoms with Gasteiger partial charge in [-0.15, -0.1) is 10.2 Å². The van der Waals surface area contributed by atoms with Crippen LogP contribution in [-0.2, 0) is 11.8 Å². The number of anilines is 1. The van der Waals surface area contributed by atoms with Crippen molar-refractivity contribution >= 4 is 29.3 Å². The van der Waals surface area contributed by atoms with Crippen molar-refractivity contribution in [3.05, 3.63) is 59.4 Å². The Morgan fingerprint density at radius 2 is 1.82 bits per heavy atom. The number of amides is 2. The fourth-order valence-electron chi connectivity index (χ4n) is 3.15. The molecule has 1 aromatic heterocycles. The second kappa shape index (κ2) is 10.9. The lowest BCUT2D eigenvalue weighted by Crippen LogP contribution is -2.28. The highest BCUT2D eigenvalue weighted by Gasteiger charge is 2.19. The van der Waals surface area contributed by atoms with Gasteiger partial charge in [0.1, 0.15) is 11.5 Å². The molecule has 0 spiro atoms. The Balaban J connectivity index is 1.59. The third-order valence-corrected chi connectivity index (χ3v) is 5.94. The minimum absolute atomic E-state index is 0.148. The Hall–Kier alpha value is -3.53. The summed E-state index contributed by atoms with van der Waals surface area (Å²) in [4.78, 5) is 25.0. The van der Waals surface area contributed by atoms with Crippen LogP contribution in [0.5, 0.6) is 11.5 Å². The van der Waals surface area contributed by atoms with Gasteiger partial charge in [-0.25, -0.2) is 0 Å². The summed E-state index contributed by atoms with van der Waals surface area (Å²) >= 11 is 1.26. The van der Waals surface area contributed by atoms with Crippen LogP contribution < -0.4 is 20.1 Å². The molecule has 33 heavy (non-hydrogen) atoms. The lowest BCUT2D eigenvalue weighted by atomic mass is 10.2. The van der Waals surface area contributed by atoms with E-state index in [9.17, 15) is 9.59 Å². The molecule has 0 saturated carbocycles. The molecule has 0 aliphatic heterocycles. The van der Waals surface area contributed by atoms with Crippen LogP contribution in [0.15, 0.2) is 47.6 Å². The summed E-state index contributed by atoms with van der Waals surface area (Å²) in [7, 11) is 4.93. The summed E-state index contributed by atoms with van der Waals surface area (Å²) in [5.74, 6) is 1.60. The van der Waals surface area contributed by atoms with Crippen LogP contribution >= 0.6 is 11.8 Å². The maximum absolute atomic E-state index is 12.5. The van der Waals surface area contributed by atoms with Gasteiger partial charge in [-0.2, -0.15) is 0 Å². The van der Waals surface area contributed by atoms with E-state index in [0.717, 1.165) is 5.56 Å². The van der Waals surface area contributed by atoms with Crippen molar-refractivity contribution in [1.29, 1.82) is 0 Å². The SMILES string of the molecule is COc1ccc(C(=O)N[C@H](C)c2nnc(SCC(=O)Nc3cc(C)ccc3OC)n2C)cc1. The number of nitrogens with zero attached hydrogens (tertiary/aromatic N) is 3. The Morgan fingerprint density at radius 1 is 1.09 bits per heavy atom. The predicted octanol–water partition coefficient (Wildman–Crippen LogP) is 3.36. The molecule has 0 aliphatic rings. The zero-order valence-corrected chi connectivity index (χ0v) is 20.0. The molecule has 0 bridgehead atoms. The summed E-state index contributed by atoms with van der Waals surface area (Å²) in [6.07, 6.45) is 0. The Labute approximate surface area is 196 Å². The second-order valence-corrected chi connectivity index (χ2v) is 8.31. The lowest BCUT2D eigenvalue weighted by molar-refractivity contribution is -0.113. The molecule has 1 heterocycles. The summed E-state index contributed by atoms with van der Waals surface area (Å²) in [6, 6.07) is 12.1. The molecule has 3 rings (SSSR count). The third kappa shape index (κ3) is 6.04. The average molecular weight is 470 g/mol. The van der Waals surface area contributed by atoms with Gasteiger partial charge in [-0.3, -0.25) is 9.59 Å². The first-order valence-electron chi connectivity index (χ1n) is 10.2. The van der Waals surface area contributed by atoms with Crippen molar-refractivity contribution in [3.63, 3.8) is 0 Å². The van der Waals surface area contributed by atoms with Gasteiger partial charge in [-0.1, -0.05) is 17.8 Å². The van der Waals surface area contributed by atoms with Gasteiger partial charge in [-0.05, 0) is 55.8 Å². The van der Waals surface area contributed by atoms with E-state index in [1.54, 1.807) is 50.1 Å². The van der Waals surface area contributed by atoms with E-state index >= 15 is 0 Å². The number of carbonyl (C=O) groups excluding carboxylic acids is 2. The molecule has 1 atom stereocenters. The van der Waals surface area contributed by atoms with Crippen LogP contribution in [-0.4, -0.2) is 46.6 Å². The van der Waals surface area contributed by atoms with Crippen LogP contribution in [0.4, 0.5) is 5.69 Å². The summed E-state index contributed by atoms with van der Waals surface area (Å²) < 4.78 is 12.2. The highest BCUT2D eigenvalue weighted by atomic mass is 32.2. The van der Waals surface area contributed by atoms with E-state index in [-0.39, 0.29) is 23.6 Å². The number of benzene rings is 2. The van der Waals surface area contributed by atoms with Crippen molar-refractivity contribution in [3.8, 4) is 11.5 Å². The number of hydrogen-bond donors (Lipinski definition) is 2. The Bertz CT molecular complexity index is 1130. The van der Waals surface area contributed by atoms with Crippen LogP contribution in [0.1, 0.15) is 34.7 Å². The molecule has 0 radical (unpaired) electrons. The van der Waals surface area contributed by atoms with E-state index in [2.05, 4.69) is 20.8 Å². The lowest BCUT2D eigenvalue weighted by Gasteiger charge is -2.14. The fourth-order valence-corrected chi connectivity index (χ4v) is 3.87. The van der Waals surface area contributed by atoms with E-state index in [4.69, 9.17) is 9.47 Å². The molecular formula is C23H27N5O4S. The molecular weight excluding hydrogens is 442 g/mol. The highest BCUT2D eigenvalue weighted by Crippen LogP contribution is 2.26. The molecule has 0 saturated heterocycles. The number of methoxy groups -OCH3 is 2. The molecule has 3 aromatic rings. The van der Waals surface area contributed by atoms with Gasteiger partial charge in [0.2, 0.25) is 5.91 Å². The van der Waals surface area contributed by atoms with Crippen molar-refractivity contribution in [2.45, 2.75) is 25.0 Å². The van der Waals surface area contributed by atoms with Crippen LogP contribution in [0.25, 0.3) is 0 Å². The van der Waals surface area contributed by atoms with Crippen LogP contribution in [0.3, 0.4) is 0 Å². The molecule has 10 heteroatoms. The molecule has 9 nitrogen and oxygen atoms in total. The first kappa shape index (κ1) is 24.1. The second-order valence-electron chi connectivity index (χ2n) is 7.36. The quantitative estimate of drug-likeness (QED) is 0.463. The number of aryl methyl sites for hydroxylation is 1. The molecule has 0 fully saturated rings. The van der Waals surface area contributed by atoms with E-state index in [1.807, 2.05) is 32.0 Å². The van der Waals surface area contributed by atoms with Gasteiger partial charge in [0.25, 0.3) is 5.91 Å². The molecule has 0 aliphatic carbocycles. The molecule has 2 N–H and O–H groups in total. The van der Waals surface area contributed by atoms with Gasteiger partial charge in [0.15, 0.2) is 11.0 Å². The van der Waals surface area contributed by atoms with E-state index < -0.39 is 0 Å². The van der Waals surface area contributed by atoms with Crippen molar-refractivity contribution in [2.75, 3.05) is 25.3 Å². The predicted molar refractivity (Wildman–Crippen MR) is 127 cm³/mol. The van der Waals surface area contributed by atoms with Crippen LogP contribution in [0, 0.1) is 6.92 Å². The number of hydrogen-bond acceptors (Lipinski definition) is 7. The van der Waals surface area contributed by atoms with Crippen molar-refractivity contribution in [1.82, 2.24) is 20.1 Å². The smallest absolute Gasteiger partial charge is 0.251 e. The fraction of sp³-hybridized carbons (Fsp3) is 0.304. The van der Waals surface area contributed by atoms with E-state index in [0.29, 0.717) is 33.7 Å². The maximum Gasteiger partial charge on any atom is 0.251 e. The number of nitrogens with one attached hydrogen (secondary N) is 2. The minimum Gasteiger partial charge on any atom is -0.497 e. The number of ether oxygens (including phenoxy) is 2. The summed E-state index contributed by atoms with van der Waals surface area (Å²) in [5, 5.41) is 14.7. The standard InChI is InChI=1S/C23H27N5O4S/c1-14-6-11-19(32-5)18(12-14)25-20(29)13-33-23-27-26-21(28(23)3)15(2)24-22(30)16-7-9-17(31-4)10-8-16/h6-12,15H,13H2,1-5H3,(H,24,30)(H,25,29)/t15-/m1/s1. The average Bonchev–Trinajstić information content (AvgIpc) is 3.18. The van der Waals surface area contributed by atoms with Crippen molar-refractivity contribution < 1.29 is 19.1 Å². The Morgan fingerprint density at radius 3 is 2.48 bits per heavy atom. The van der Waals surface area contributed by atoms with Gasteiger partial charge in [0, 0.05) is 12.6 Å². The van der Waals surface area contributed by atoms with Crippen molar-refractivity contribution in [2.24, 2.45) is 7.05 Å². The summed E-state index contributed by atoms with van der Waals surface area (Å²) in [5.41, 5.74) is 2.15. The molecule has 2 aromatic carbocycles. The zero-order chi connectivity index (χ0) is 24.0. The van der Waals surface area contributed by atoms with E-state index in [1.165, 1.54) is 11.8 Å². The monoisotopic (exact) mass is 469 g/mol. The third-order valence-electron chi connectivity index (χ3n) is 4.92. The van der Waals surface area contributed by atoms with Crippen LogP contribution in [0.2, 0.25) is 0 Å². The number of aromatic nitrogens is 3. The largest absolute Gasteiger partial charge is 0.497 e. The first-order valence-corrected chi connectivity index (χ1v) is 11.2. The Kier molecular flexibility index (Phi) is 7.94. The molecule has 174 valence electrons. The summed E-state index contributed by atoms with van der Waals surface area (Å²) in [6.45, 7) is 3.77. The normalized spacial score (nSPS) is 11.5. The van der Waals surface area contributed by atoms with Gasteiger partial charge >= 0.3 is 0 Å². The maximum atomic E-state index is 12.5. The molecule has 0 unspecified atom stereocenters. The molecule has 2 amide bonds. The topological polar surface area (TPSA) is 107 Å². The first-order chi connectivity index (χ1) is 15.8.